The molecule has 1 aromatic carbocycles. The van der Waals surface area contributed by atoms with Gasteiger partial charge in [0.2, 0.25) is 5.95 Å². The topological polar surface area (TPSA) is 49.2 Å². The summed E-state index contributed by atoms with van der Waals surface area (Å²) in [6, 6.07) is 12.4. The predicted molar refractivity (Wildman–Crippen MR) is 87.8 cm³/mol. The first kappa shape index (κ1) is 15.0. The molecule has 2 aromatic rings. The molecule has 0 unspecified atom stereocenters. The van der Waals surface area contributed by atoms with Crippen molar-refractivity contribution in [2.24, 2.45) is 5.41 Å². The lowest BCUT2D eigenvalue weighted by Crippen LogP contribution is -2.43. The Hall–Kier alpha value is -1.94. The molecule has 0 amide bonds. The molecule has 0 saturated carbocycles. The van der Waals surface area contributed by atoms with Gasteiger partial charge in [-0.2, -0.15) is 0 Å². The Kier molecular flexibility index (Phi) is 4.68. The number of piperidine rings is 1. The summed E-state index contributed by atoms with van der Waals surface area (Å²) in [4.78, 5) is 10.9. The monoisotopic (exact) mass is 297 g/mol. The highest BCUT2D eigenvalue weighted by atomic mass is 16.3. The van der Waals surface area contributed by atoms with Crippen molar-refractivity contribution in [2.45, 2.75) is 25.7 Å². The first-order valence-electron chi connectivity index (χ1n) is 7.98. The van der Waals surface area contributed by atoms with Crippen LogP contribution in [0.1, 0.15) is 24.8 Å². The van der Waals surface area contributed by atoms with Gasteiger partial charge in [-0.15, -0.1) is 0 Å². The van der Waals surface area contributed by atoms with Crippen molar-refractivity contribution in [3.63, 3.8) is 0 Å². The number of aryl methyl sites for hydroxylation is 1. The average Bonchev–Trinajstić information content (AvgIpc) is 2.62. The lowest BCUT2D eigenvalue weighted by atomic mass is 9.75. The molecule has 0 radical (unpaired) electrons. The fraction of sp³-hybridized carbons (Fsp3) is 0.444. The lowest BCUT2D eigenvalue weighted by molar-refractivity contribution is 0.0871. The van der Waals surface area contributed by atoms with E-state index in [1.54, 1.807) is 12.4 Å². The van der Waals surface area contributed by atoms with E-state index in [9.17, 15) is 5.11 Å². The number of aliphatic hydroxyl groups excluding tert-OH is 1. The molecule has 0 atom stereocenters. The highest BCUT2D eigenvalue weighted by Crippen LogP contribution is 2.36. The smallest absolute Gasteiger partial charge is 0.225 e. The molecular weight excluding hydrogens is 274 g/mol. The number of anilines is 1. The van der Waals surface area contributed by atoms with Crippen LogP contribution in [-0.2, 0) is 6.42 Å². The Morgan fingerprint density at radius 3 is 2.32 bits per heavy atom. The van der Waals surface area contributed by atoms with E-state index in [1.807, 2.05) is 12.1 Å². The summed E-state index contributed by atoms with van der Waals surface area (Å²) >= 11 is 0. The fourth-order valence-electron chi connectivity index (χ4n) is 3.18. The van der Waals surface area contributed by atoms with E-state index >= 15 is 0 Å². The van der Waals surface area contributed by atoms with Gasteiger partial charge in [-0.1, -0.05) is 30.3 Å². The number of nitrogens with zero attached hydrogens (tertiary/aromatic N) is 3. The van der Waals surface area contributed by atoms with E-state index in [1.165, 1.54) is 5.56 Å². The molecule has 4 nitrogen and oxygen atoms in total. The highest BCUT2D eigenvalue weighted by molar-refractivity contribution is 5.29. The molecule has 1 fully saturated rings. The van der Waals surface area contributed by atoms with E-state index in [0.717, 1.165) is 44.7 Å². The van der Waals surface area contributed by atoms with E-state index in [0.29, 0.717) is 0 Å². The van der Waals surface area contributed by atoms with Crippen LogP contribution in [-0.4, -0.2) is 34.8 Å². The molecule has 1 aromatic heterocycles. The van der Waals surface area contributed by atoms with Crippen LogP contribution in [0, 0.1) is 5.41 Å². The van der Waals surface area contributed by atoms with Crippen molar-refractivity contribution in [3.8, 4) is 0 Å². The summed E-state index contributed by atoms with van der Waals surface area (Å²) in [7, 11) is 0. The van der Waals surface area contributed by atoms with Gasteiger partial charge in [0.1, 0.15) is 0 Å². The third-order valence-corrected chi connectivity index (χ3v) is 4.78. The molecule has 1 saturated heterocycles. The van der Waals surface area contributed by atoms with Gasteiger partial charge >= 0.3 is 0 Å². The number of hydrogen-bond donors (Lipinski definition) is 1. The van der Waals surface area contributed by atoms with Gasteiger partial charge in [0.05, 0.1) is 0 Å². The highest BCUT2D eigenvalue weighted by Gasteiger charge is 2.34. The van der Waals surface area contributed by atoms with Crippen LogP contribution in [0.3, 0.4) is 0 Å². The Morgan fingerprint density at radius 2 is 1.68 bits per heavy atom. The zero-order valence-corrected chi connectivity index (χ0v) is 12.9. The van der Waals surface area contributed by atoms with Crippen molar-refractivity contribution in [2.75, 3.05) is 24.6 Å². The molecule has 0 spiro atoms. The number of aliphatic hydroxyl groups is 1. The second-order valence-corrected chi connectivity index (χ2v) is 6.18. The minimum absolute atomic E-state index is 0.0428. The predicted octanol–water partition coefficient (Wildman–Crippen LogP) is 2.69. The first-order valence-corrected chi connectivity index (χ1v) is 7.98. The second-order valence-electron chi connectivity index (χ2n) is 6.18. The summed E-state index contributed by atoms with van der Waals surface area (Å²) in [6.07, 6.45) is 7.63. The van der Waals surface area contributed by atoms with Crippen LogP contribution in [0.2, 0.25) is 0 Å². The Labute approximate surface area is 131 Å². The summed E-state index contributed by atoms with van der Waals surface area (Å²) in [5.41, 5.74) is 1.39. The zero-order valence-electron chi connectivity index (χ0n) is 12.9. The van der Waals surface area contributed by atoms with Crippen LogP contribution < -0.4 is 4.90 Å². The molecule has 3 rings (SSSR count). The average molecular weight is 297 g/mol. The van der Waals surface area contributed by atoms with Gasteiger partial charge in [-0.25, -0.2) is 9.97 Å². The molecule has 4 heteroatoms. The molecule has 2 heterocycles. The maximum atomic E-state index is 9.93. The third kappa shape index (κ3) is 3.45. The number of rotatable bonds is 5. The molecule has 0 aliphatic carbocycles. The third-order valence-electron chi connectivity index (χ3n) is 4.78. The first-order chi connectivity index (χ1) is 10.8. The summed E-state index contributed by atoms with van der Waals surface area (Å²) in [6.45, 7) is 2.10. The van der Waals surface area contributed by atoms with Gasteiger partial charge in [-0.05, 0) is 42.7 Å². The molecule has 22 heavy (non-hydrogen) atoms. The normalized spacial score (nSPS) is 17.4. The SMILES string of the molecule is OCC1(CCc2ccccc2)CCN(c2ncccn2)CC1. The van der Waals surface area contributed by atoms with Gasteiger partial charge in [-0.3, -0.25) is 0 Å². The number of benzene rings is 1. The molecule has 1 aliphatic rings. The largest absolute Gasteiger partial charge is 0.396 e. The minimum atomic E-state index is 0.0428. The summed E-state index contributed by atoms with van der Waals surface area (Å²) in [5.74, 6) is 0.803. The second kappa shape index (κ2) is 6.88. The zero-order chi connectivity index (χ0) is 15.3. The quantitative estimate of drug-likeness (QED) is 0.922. The van der Waals surface area contributed by atoms with Crippen molar-refractivity contribution >= 4 is 5.95 Å². The van der Waals surface area contributed by atoms with Crippen molar-refractivity contribution in [1.29, 1.82) is 0 Å². The van der Waals surface area contributed by atoms with Crippen LogP contribution in [0.15, 0.2) is 48.8 Å². The Balaban J connectivity index is 1.59. The molecule has 0 bridgehead atoms. The van der Waals surface area contributed by atoms with Crippen LogP contribution in [0.5, 0.6) is 0 Å². The van der Waals surface area contributed by atoms with Gasteiger partial charge in [0, 0.05) is 32.1 Å². The van der Waals surface area contributed by atoms with Gasteiger partial charge in [0.15, 0.2) is 0 Å². The maximum Gasteiger partial charge on any atom is 0.225 e. The molecular formula is C18H23N3O. The van der Waals surface area contributed by atoms with E-state index in [-0.39, 0.29) is 12.0 Å². The maximum absolute atomic E-state index is 9.93. The Morgan fingerprint density at radius 1 is 1.00 bits per heavy atom. The van der Waals surface area contributed by atoms with Crippen LogP contribution in [0.4, 0.5) is 5.95 Å². The number of aromatic nitrogens is 2. The fourth-order valence-corrected chi connectivity index (χ4v) is 3.18. The van der Waals surface area contributed by atoms with E-state index in [4.69, 9.17) is 0 Å². The minimum Gasteiger partial charge on any atom is -0.396 e. The van der Waals surface area contributed by atoms with Crippen molar-refractivity contribution in [1.82, 2.24) is 9.97 Å². The molecule has 116 valence electrons. The van der Waals surface area contributed by atoms with Crippen LogP contribution in [0.25, 0.3) is 0 Å². The van der Waals surface area contributed by atoms with Gasteiger partial charge < -0.3 is 10.0 Å². The summed E-state index contributed by atoms with van der Waals surface area (Å²) < 4.78 is 0. The van der Waals surface area contributed by atoms with Crippen LogP contribution >= 0.6 is 0 Å². The van der Waals surface area contributed by atoms with E-state index < -0.39 is 0 Å². The van der Waals surface area contributed by atoms with Crippen molar-refractivity contribution in [3.05, 3.63) is 54.4 Å². The van der Waals surface area contributed by atoms with E-state index in [2.05, 4.69) is 39.1 Å². The number of hydrogen-bond acceptors (Lipinski definition) is 4. The standard InChI is InChI=1S/C18H23N3O/c22-15-18(8-7-16-5-2-1-3-6-16)9-13-21(14-10-18)17-19-11-4-12-20-17/h1-6,11-12,22H,7-10,13-15H2. The lowest BCUT2D eigenvalue weighted by Gasteiger charge is -2.41. The molecule has 1 N–H and O–H groups in total. The molecule has 1 aliphatic heterocycles. The summed E-state index contributed by atoms with van der Waals surface area (Å²) in [5, 5.41) is 9.93. The Bertz CT molecular complexity index is 565. The van der Waals surface area contributed by atoms with Crippen molar-refractivity contribution < 1.29 is 5.11 Å². The van der Waals surface area contributed by atoms with Gasteiger partial charge in [0.25, 0.3) is 0 Å².